The summed E-state index contributed by atoms with van der Waals surface area (Å²) < 4.78 is 5.26. The number of nitriles is 1. The molecule has 4 nitrogen and oxygen atoms in total. The predicted octanol–water partition coefficient (Wildman–Crippen LogP) is 2.69. The van der Waals surface area contributed by atoms with Crippen molar-refractivity contribution in [3.05, 3.63) is 59.7 Å². The molecule has 0 aliphatic carbocycles. The van der Waals surface area contributed by atoms with Gasteiger partial charge in [0.15, 0.2) is 6.61 Å². The Morgan fingerprint density at radius 3 is 2.80 bits per heavy atom. The number of nitrogens with zero attached hydrogens (tertiary/aromatic N) is 1. The highest BCUT2D eigenvalue weighted by Gasteiger charge is 2.01. The molecule has 0 aliphatic heterocycles. The van der Waals surface area contributed by atoms with Crippen molar-refractivity contribution in [3.63, 3.8) is 0 Å². The van der Waals surface area contributed by atoms with Gasteiger partial charge in [-0.3, -0.25) is 0 Å². The summed E-state index contributed by atoms with van der Waals surface area (Å²) in [6.07, 6.45) is 0. The molecule has 0 heterocycles. The zero-order valence-electron chi connectivity index (χ0n) is 11.0. The third-order valence-electron chi connectivity index (χ3n) is 2.87. The van der Waals surface area contributed by atoms with E-state index in [1.54, 1.807) is 0 Å². The summed E-state index contributed by atoms with van der Waals surface area (Å²) in [5.74, 6) is 0.682. The summed E-state index contributed by atoms with van der Waals surface area (Å²) >= 11 is 0. The minimum Gasteiger partial charge on any atom is -0.479 e. The highest BCUT2D eigenvalue weighted by atomic mass is 16.5. The van der Waals surface area contributed by atoms with E-state index in [-0.39, 0.29) is 13.2 Å². The van der Waals surface area contributed by atoms with E-state index in [0.717, 1.165) is 16.8 Å². The average Bonchev–Trinajstić information content (AvgIpc) is 2.51. The van der Waals surface area contributed by atoms with Gasteiger partial charge in [-0.15, -0.1) is 0 Å². The highest BCUT2D eigenvalue weighted by molar-refractivity contribution is 5.51. The number of ether oxygens (including phenoxy) is 1. The molecule has 4 heteroatoms. The van der Waals surface area contributed by atoms with E-state index in [9.17, 15) is 5.11 Å². The van der Waals surface area contributed by atoms with E-state index in [2.05, 4.69) is 5.32 Å². The lowest BCUT2D eigenvalue weighted by molar-refractivity contribution is 0.282. The lowest BCUT2D eigenvalue weighted by Crippen LogP contribution is -2.03. The standard InChI is InChI=1S/C16H16N2O2/c17-8-9-20-15-6-3-4-13(10-15)11-18-16-7-2-1-5-14(16)12-19/h1-7,10,18-19H,9,11-12H2. The molecule has 2 aromatic carbocycles. The maximum Gasteiger partial charge on any atom is 0.174 e. The van der Waals surface area contributed by atoms with Gasteiger partial charge in [0, 0.05) is 17.8 Å². The lowest BCUT2D eigenvalue weighted by Gasteiger charge is -2.11. The molecule has 0 aromatic heterocycles. The SMILES string of the molecule is N#CCOc1cccc(CNc2ccccc2CO)c1. The number of hydrogen-bond acceptors (Lipinski definition) is 4. The van der Waals surface area contributed by atoms with E-state index in [4.69, 9.17) is 10.00 Å². The van der Waals surface area contributed by atoms with E-state index in [1.165, 1.54) is 0 Å². The molecule has 0 radical (unpaired) electrons. The van der Waals surface area contributed by atoms with Crippen LogP contribution in [0.1, 0.15) is 11.1 Å². The molecule has 0 fully saturated rings. The molecule has 0 aliphatic rings. The Morgan fingerprint density at radius 1 is 1.15 bits per heavy atom. The van der Waals surface area contributed by atoms with Crippen LogP contribution in [0.25, 0.3) is 0 Å². The Balaban J connectivity index is 2.02. The van der Waals surface area contributed by atoms with Crippen LogP contribution in [0.15, 0.2) is 48.5 Å². The number of benzene rings is 2. The van der Waals surface area contributed by atoms with Gasteiger partial charge >= 0.3 is 0 Å². The molecular weight excluding hydrogens is 252 g/mol. The number of para-hydroxylation sites is 1. The van der Waals surface area contributed by atoms with Crippen LogP contribution in [-0.2, 0) is 13.2 Å². The Hall–Kier alpha value is -2.51. The van der Waals surface area contributed by atoms with Gasteiger partial charge in [0.1, 0.15) is 11.8 Å². The summed E-state index contributed by atoms with van der Waals surface area (Å²) in [5.41, 5.74) is 2.83. The van der Waals surface area contributed by atoms with Gasteiger partial charge in [-0.1, -0.05) is 30.3 Å². The van der Waals surface area contributed by atoms with Crippen molar-refractivity contribution < 1.29 is 9.84 Å². The number of aliphatic hydroxyl groups is 1. The van der Waals surface area contributed by atoms with Crippen LogP contribution in [0.2, 0.25) is 0 Å². The second kappa shape index (κ2) is 7.17. The van der Waals surface area contributed by atoms with Gasteiger partial charge in [0.05, 0.1) is 6.61 Å². The number of anilines is 1. The molecule has 0 bridgehead atoms. The second-order valence-electron chi connectivity index (χ2n) is 4.26. The van der Waals surface area contributed by atoms with E-state index in [1.807, 2.05) is 54.6 Å². The van der Waals surface area contributed by atoms with Gasteiger partial charge < -0.3 is 15.2 Å². The van der Waals surface area contributed by atoms with Gasteiger partial charge in [0.2, 0.25) is 0 Å². The summed E-state index contributed by atoms with van der Waals surface area (Å²) in [6.45, 7) is 0.680. The largest absolute Gasteiger partial charge is 0.479 e. The second-order valence-corrected chi connectivity index (χ2v) is 4.26. The average molecular weight is 268 g/mol. The number of rotatable bonds is 6. The molecular formula is C16H16N2O2. The van der Waals surface area contributed by atoms with Crippen molar-refractivity contribution in [2.45, 2.75) is 13.2 Å². The van der Waals surface area contributed by atoms with Crippen LogP contribution in [0.5, 0.6) is 5.75 Å². The molecule has 0 unspecified atom stereocenters. The minimum absolute atomic E-state index is 0.00843. The van der Waals surface area contributed by atoms with Gasteiger partial charge in [0.25, 0.3) is 0 Å². The first-order valence-electron chi connectivity index (χ1n) is 6.35. The van der Waals surface area contributed by atoms with Crippen LogP contribution in [-0.4, -0.2) is 11.7 Å². The quantitative estimate of drug-likeness (QED) is 0.845. The van der Waals surface area contributed by atoms with Crippen molar-refractivity contribution in [2.75, 3.05) is 11.9 Å². The zero-order valence-corrected chi connectivity index (χ0v) is 11.0. The highest BCUT2D eigenvalue weighted by Crippen LogP contribution is 2.18. The van der Waals surface area contributed by atoms with Crippen LogP contribution >= 0.6 is 0 Å². The molecule has 0 atom stereocenters. The van der Waals surface area contributed by atoms with E-state index < -0.39 is 0 Å². The van der Waals surface area contributed by atoms with Crippen molar-refractivity contribution in [2.24, 2.45) is 0 Å². The molecule has 2 N–H and O–H groups in total. The topological polar surface area (TPSA) is 65.3 Å². The third-order valence-corrected chi connectivity index (χ3v) is 2.87. The molecule has 0 amide bonds. The smallest absolute Gasteiger partial charge is 0.174 e. The molecule has 0 saturated carbocycles. The third kappa shape index (κ3) is 3.74. The Kier molecular flexibility index (Phi) is 4.99. The van der Waals surface area contributed by atoms with E-state index in [0.29, 0.717) is 12.3 Å². The Labute approximate surface area is 118 Å². The maximum absolute atomic E-state index is 9.27. The van der Waals surface area contributed by atoms with Crippen molar-refractivity contribution in [1.82, 2.24) is 0 Å². The van der Waals surface area contributed by atoms with Crippen LogP contribution in [0, 0.1) is 11.3 Å². The molecule has 102 valence electrons. The summed E-state index contributed by atoms with van der Waals surface area (Å²) in [4.78, 5) is 0. The van der Waals surface area contributed by atoms with Crippen molar-refractivity contribution in [1.29, 1.82) is 5.26 Å². The van der Waals surface area contributed by atoms with Crippen molar-refractivity contribution in [3.8, 4) is 11.8 Å². The summed E-state index contributed by atoms with van der Waals surface area (Å²) in [7, 11) is 0. The number of nitrogens with one attached hydrogen (secondary N) is 1. The fraction of sp³-hybridized carbons (Fsp3) is 0.188. The predicted molar refractivity (Wildman–Crippen MR) is 77.2 cm³/mol. The van der Waals surface area contributed by atoms with Gasteiger partial charge in [-0.05, 0) is 23.8 Å². The summed E-state index contributed by atoms with van der Waals surface area (Å²) in [6, 6.07) is 17.2. The molecule has 20 heavy (non-hydrogen) atoms. The van der Waals surface area contributed by atoms with E-state index >= 15 is 0 Å². The zero-order chi connectivity index (χ0) is 14.2. The van der Waals surface area contributed by atoms with Gasteiger partial charge in [-0.2, -0.15) is 5.26 Å². The Bertz CT molecular complexity index is 605. The van der Waals surface area contributed by atoms with Crippen LogP contribution in [0.3, 0.4) is 0 Å². The first-order chi connectivity index (χ1) is 9.83. The monoisotopic (exact) mass is 268 g/mol. The molecule has 2 rings (SSSR count). The number of hydrogen-bond donors (Lipinski definition) is 2. The molecule has 0 spiro atoms. The lowest BCUT2D eigenvalue weighted by atomic mass is 10.1. The first-order valence-corrected chi connectivity index (χ1v) is 6.35. The normalized spacial score (nSPS) is 9.80. The van der Waals surface area contributed by atoms with Crippen LogP contribution in [0.4, 0.5) is 5.69 Å². The minimum atomic E-state index is 0.00843. The van der Waals surface area contributed by atoms with Crippen LogP contribution < -0.4 is 10.1 Å². The Morgan fingerprint density at radius 2 is 2.00 bits per heavy atom. The fourth-order valence-corrected chi connectivity index (χ4v) is 1.89. The molecule has 0 saturated heterocycles. The molecule has 2 aromatic rings. The number of aliphatic hydroxyl groups excluding tert-OH is 1. The maximum atomic E-state index is 9.27. The van der Waals surface area contributed by atoms with Crippen molar-refractivity contribution >= 4 is 5.69 Å². The first kappa shape index (κ1) is 13.9. The summed E-state index contributed by atoms with van der Waals surface area (Å²) in [5, 5.41) is 21.0. The van der Waals surface area contributed by atoms with Gasteiger partial charge in [-0.25, -0.2) is 0 Å². The fourth-order valence-electron chi connectivity index (χ4n) is 1.89.